The highest BCUT2D eigenvalue weighted by molar-refractivity contribution is 7.98. The van der Waals surface area contributed by atoms with Gasteiger partial charge in [0.25, 0.3) is 0 Å². The second-order valence-corrected chi connectivity index (χ2v) is 9.76. The van der Waals surface area contributed by atoms with Gasteiger partial charge in [-0.1, -0.05) is 53.2 Å². The Kier molecular flexibility index (Phi) is 8.13. The van der Waals surface area contributed by atoms with Gasteiger partial charge >= 0.3 is 6.03 Å². The first-order chi connectivity index (χ1) is 17.2. The van der Waals surface area contributed by atoms with Gasteiger partial charge in [-0.05, 0) is 67.4 Å². The molecule has 1 atom stereocenters. The van der Waals surface area contributed by atoms with E-state index in [2.05, 4.69) is 20.8 Å². The SMILES string of the molecule is Cc1ccc(Cl)cc1-n1c(SCc2ccc(F)cc2)nnc1C(C)NC(=O)Nc1ccc(F)c(Cl)c1. The van der Waals surface area contributed by atoms with E-state index in [0.29, 0.717) is 27.4 Å². The van der Waals surface area contributed by atoms with Gasteiger partial charge in [-0.3, -0.25) is 4.57 Å². The average Bonchev–Trinajstić information content (AvgIpc) is 3.26. The summed E-state index contributed by atoms with van der Waals surface area (Å²) in [5.41, 5.74) is 2.96. The third kappa shape index (κ3) is 6.16. The molecule has 0 bridgehead atoms. The monoisotopic (exact) mass is 547 g/mol. The number of aryl methyl sites for hydroxylation is 1. The highest BCUT2D eigenvalue weighted by Crippen LogP contribution is 2.30. The number of nitrogens with one attached hydrogen (secondary N) is 2. The van der Waals surface area contributed by atoms with E-state index in [1.165, 1.54) is 42.1 Å². The summed E-state index contributed by atoms with van der Waals surface area (Å²) >= 11 is 13.5. The Bertz CT molecular complexity index is 1400. The number of carbonyl (C=O) groups is 1. The van der Waals surface area contributed by atoms with E-state index < -0.39 is 17.9 Å². The van der Waals surface area contributed by atoms with Gasteiger partial charge in [0.2, 0.25) is 0 Å². The third-order valence-electron chi connectivity index (χ3n) is 5.26. The number of urea groups is 1. The number of anilines is 1. The molecule has 1 unspecified atom stereocenters. The van der Waals surface area contributed by atoms with Crippen molar-refractivity contribution >= 4 is 46.7 Å². The van der Waals surface area contributed by atoms with Gasteiger partial charge in [-0.2, -0.15) is 0 Å². The first-order valence-electron chi connectivity index (χ1n) is 10.8. The van der Waals surface area contributed by atoms with Crippen molar-refractivity contribution < 1.29 is 13.6 Å². The topological polar surface area (TPSA) is 71.8 Å². The Morgan fingerprint density at radius 2 is 1.81 bits per heavy atom. The minimum atomic E-state index is -0.577. The number of hydrogen-bond acceptors (Lipinski definition) is 4. The smallest absolute Gasteiger partial charge is 0.319 e. The molecule has 1 heterocycles. The first kappa shape index (κ1) is 25.9. The molecule has 0 saturated heterocycles. The van der Waals surface area contributed by atoms with Crippen LogP contribution < -0.4 is 10.6 Å². The normalized spacial score (nSPS) is 11.8. The quantitative estimate of drug-likeness (QED) is 0.237. The molecule has 0 aliphatic rings. The lowest BCUT2D eigenvalue weighted by atomic mass is 10.2. The molecule has 11 heteroatoms. The first-order valence-corrected chi connectivity index (χ1v) is 12.6. The van der Waals surface area contributed by atoms with E-state index in [0.717, 1.165) is 16.8 Å². The number of rotatable bonds is 7. The Balaban J connectivity index is 1.60. The van der Waals surface area contributed by atoms with Crippen molar-refractivity contribution in [3.8, 4) is 5.69 Å². The van der Waals surface area contributed by atoms with E-state index in [4.69, 9.17) is 23.2 Å². The number of amides is 2. The van der Waals surface area contributed by atoms with Crippen molar-refractivity contribution in [3.63, 3.8) is 0 Å². The van der Waals surface area contributed by atoms with E-state index >= 15 is 0 Å². The molecule has 0 fully saturated rings. The van der Waals surface area contributed by atoms with Gasteiger partial charge in [0.1, 0.15) is 11.6 Å². The summed E-state index contributed by atoms with van der Waals surface area (Å²) in [5.74, 6) is 0.136. The predicted molar refractivity (Wildman–Crippen MR) is 139 cm³/mol. The van der Waals surface area contributed by atoms with Crippen LogP contribution in [-0.2, 0) is 5.75 Å². The summed E-state index contributed by atoms with van der Waals surface area (Å²) in [6.07, 6.45) is 0. The largest absolute Gasteiger partial charge is 0.328 e. The summed E-state index contributed by atoms with van der Waals surface area (Å²) in [7, 11) is 0. The van der Waals surface area contributed by atoms with Crippen LogP contribution in [0, 0.1) is 18.6 Å². The molecule has 3 aromatic carbocycles. The highest BCUT2D eigenvalue weighted by atomic mass is 35.5. The molecule has 2 amide bonds. The molecule has 6 nitrogen and oxygen atoms in total. The van der Waals surface area contributed by atoms with Crippen LogP contribution in [0.1, 0.15) is 29.9 Å². The summed E-state index contributed by atoms with van der Waals surface area (Å²) in [6, 6.07) is 14.5. The molecule has 0 aliphatic carbocycles. The average molecular weight is 548 g/mol. The zero-order chi connectivity index (χ0) is 25.8. The molecule has 0 spiro atoms. The van der Waals surface area contributed by atoms with Gasteiger partial charge in [0.15, 0.2) is 11.0 Å². The molecular formula is C25H21Cl2F2N5OS. The second kappa shape index (κ2) is 11.3. The lowest BCUT2D eigenvalue weighted by Gasteiger charge is -2.18. The predicted octanol–water partition coefficient (Wildman–Crippen LogP) is 7.34. The van der Waals surface area contributed by atoms with E-state index in [9.17, 15) is 13.6 Å². The van der Waals surface area contributed by atoms with Crippen molar-refractivity contribution in [3.05, 3.63) is 99.3 Å². The number of thioether (sulfide) groups is 1. The number of carbonyl (C=O) groups excluding carboxylic acids is 1. The fourth-order valence-electron chi connectivity index (χ4n) is 3.44. The highest BCUT2D eigenvalue weighted by Gasteiger charge is 2.22. The summed E-state index contributed by atoms with van der Waals surface area (Å²) < 4.78 is 28.5. The van der Waals surface area contributed by atoms with Crippen LogP contribution in [0.4, 0.5) is 19.3 Å². The Hall–Kier alpha value is -3.14. The van der Waals surface area contributed by atoms with Crippen LogP contribution in [0.15, 0.2) is 65.8 Å². The second-order valence-electron chi connectivity index (χ2n) is 7.97. The molecular weight excluding hydrogens is 527 g/mol. The molecule has 186 valence electrons. The fourth-order valence-corrected chi connectivity index (χ4v) is 4.69. The van der Waals surface area contributed by atoms with E-state index in [1.807, 2.05) is 17.6 Å². The molecule has 4 aromatic rings. The van der Waals surface area contributed by atoms with Gasteiger partial charge in [-0.15, -0.1) is 10.2 Å². The number of aromatic nitrogens is 3. The van der Waals surface area contributed by atoms with Crippen LogP contribution in [0.5, 0.6) is 0 Å². The standard InChI is InChI=1S/C25H21Cl2F2N5OS/c1-14-3-6-17(26)11-22(14)34-23(32-33-25(34)36-13-16-4-7-18(28)8-5-16)15(2)30-24(35)31-19-9-10-21(29)20(27)12-19/h3-12,15H,13H2,1-2H3,(H2,30,31,35). The minimum absolute atomic E-state index is 0.0974. The molecule has 0 aliphatic heterocycles. The van der Waals surface area contributed by atoms with Crippen molar-refractivity contribution in [2.24, 2.45) is 0 Å². The molecule has 36 heavy (non-hydrogen) atoms. The van der Waals surface area contributed by atoms with E-state index in [1.54, 1.807) is 31.2 Å². The van der Waals surface area contributed by atoms with E-state index in [-0.39, 0.29) is 10.8 Å². The Morgan fingerprint density at radius 3 is 2.53 bits per heavy atom. The molecule has 4 rings (SSSR count). The maximum Gasteiger partial charge on any atom is 0.319 e. The van der Waals surface area contributed by atoms with Crippen LogP contribution in [0.2, 0.25) is 10.0 Å². The van der Waals surface area contributed by atoms with Gasteiger partial charge in [-0.25, -0.2) is 13.6 Å². The molecule has 0 radical (unpaired) electrons. The van der Waals surface area contributed by atoms with Gasteiger partial charge in [0, 0.05) is 16.5 Å². The lowest BCUT2D eigenvalue weighted by molar-refractivity contribution is 0.249. The lowest BCUT2D eigenvalue weighted by Crippen LogP contribution is -2.32. The number of benzene rings is 3. The molecule has 2 N–H and O–H groups in total. The molecule has 1 aromatic heterocycles. The van der Waals surface area contributed by atoms with Gasteiger partial charge < -0.3 is 10.6 Å². The maximum absolute atomic E-state index is 13.4. The number of nitrogens with zero attached hydrogens (tertiary/aromatic N) is 3. The van der Waals surface area contributed by atoms with Crippen molar-refractivity contribution in [1.29, 1.82) is 0 Å². The fraction of sp³-hybridized carbons (Fsp3) is 0.160. The zero-order valence-electron chi connectivity index (χ0n) is 19.2. The van der Waals surface area contributed by atoms with Crippen molar-refractivity contribution in [2.45, 2.75) is 30.8 Å². The number of halogens is 4. The summed E-state index contributed by atoms with van der Waals surface area (Å²) in [4.78, 5) is 12.6. The minimum Gasteiger partial charge on any atom is -0.328 e. The molecule has 0 saturated carbocycles. The Labute approximate surface area is 221 Å². The van der Waals surface area contributed by atoms with Crippen LogP contribution in [0.25, 0.3) is 5.69 Å². The summed E-state index contributed by atoms with van der Waals surface area (Å²) in [5, 5.41) is 15.2. The van der Waals surface area contributed by atoms with Crippen LogP contribution in [-0.4, -0.2) is 20.8 Å². The number of hydrogen-bond donors (Lipinski definition) is 2. The van der Waals surface area contributed by atoms with Gasteiger partial charge in [0.05, 0.1) is 16.8 Å². The third-order valence-corrected chi connectivity index (χ3v) is 6.79. The Morgan fingerprint density at radius 1 is 1.06 bits per heavy atom. The maximum atomic E-state index is 13.4. The zero-order valence-corrected chi connectivity index (χ0v) is 21.6. The van der Waals surface area contributed by atoms with Crippen molar-refractivity contribution in [1.82, 2.24) is 20.1 Å². The van der Waals surface area contributed by atoms with Crippen LogP contribution >= 0.6 is 35.0 Å². The van der Waals surface area contributed by atoms with Crippen LogP contribution in [0.3, 0.4) is 0 Å². The van der Waals surface area contributed by atoms with Crippen molar-refractivity contribution in [2.75, 3.05) is 5.32 Å². The summed E-state index contributed by atoms with van der Waals surface area (Å²) in [6.45, 7) is 3.71.